The van der Waals surface area contributed by atoms with E-state index in [1.807, 2.05) is 45.0 Å². The number of aromatic nitrogens is 1. The quantitative estimate of drug-likeness (QED) is 0.723. The van der Waals surface area contributed by atoms with Crippen LogP contribution in [0.2, 0.25) is 0 Å². The molecule has 0 saturated carbocycles. The Labute approximate surface area is 148 Å². The average molecular weight is 340 g/mol. The molecule has 2 rings (SSSR count). The maximum Gasteiger partial charge on any atom is 0.251 e. The number of amides is 2. The fourth-order valence-corrected chi connectivity index (χ4v) is 2.29. The summed E-state index contributed by atoms with van der Waals surface area (Å²) in [6.07, 6.45) is 0.186. The highest BCUT2D eigenvalue weighted by molar-refractivity contribution is 5.95. The van der Waals surface area contributed by atoms with Gasteiger partial charge in [0.1, 0.15) is 5.82 Å². The summed E-state index contributed by atoms with van der Waals surface area (Å²) >= 11 is 0. The summed E-state index contributed by atoms with van der Waals surface area (Å²) in [6, 6.07) is 13.0. The van der Waals surface area contributed by atoms with Crippen molar-refractivity contribution in [3.63, 3.8) is 0 Å². The standard InChI is InChI=1S/C19H24N4O2/c1-13(2)21-16-8-5-7-15(12-16)19(25)20-11-10-18(24)23-17-9-4-6-14(3)22-17/h4-9,12-13,21H,10-11H2,1-3H3,(H,20,25)(H,22,23,24). The molecule has 25 heavy (non-hydrogen) atoms. The van der Waals surface area contributed by atoms with Gasteiger partial charge in [-0.3, -0.25) is 9.59 Å². The number of anilines is 2. The molecule has 3 N–H and O–H groups in total. The lowest BCUT2D eigenvalue weighted by molar-refractivity contribution is -0.116. The molecular weight excluding hydrogens is 316 g/mol. The molecule has 1 aromatic carbocycles. The second-order valence-electron chi connectivity index (χ2n) is 6.10. The lowest BCUT2D eigenvalue weighted by Crippen LogP contribution is -2.27. The van der Waals surface area contributed by atoms with E-state index in [4.69, 9.17) is 0 Å². The minimum atomic E-state index is -0.200. The highest BCUT2D eigenvalue weighted by Gasteiger charge is 2.08. The van der Waals surface area contributed by atoms with Gasteiger partial charge < -0.3 is 16.0 Å². The van der Waals surface area contributed by atoms with Crippen molar-refractivity contribution in [3.8, 4) is 0 Å². The van der Waals surface area contributed by atoms with Crippen molar-refractivity contribution in [1.29, 1.82) is 0 Å². The number of rotatable bonds is 7. The van der Waals surface area contributed by atoms with E-state index < -0.39 is 0 Å². The molecule has 2 amide bonds. The number of nitrogens with one attached hydrogen (secondary N) is 3. The summed E-state index contributed by atoms with van der Waals surface area (Å²) in [4.78, 5) is 28.3. The molecule has 0 aliphatic rings. The Hall–Kier alpha value is -2.89. The van der Waals surface area contributed by atoms with Gasteiger partial charge in [-0.1, -0.05) is 12.1 Å². The lowest BCUT2D eigenvalue weighted by Gasteiger charge is -2.11. The molecule has 0 aliphatic heterocycles. The summed E-state index contributed by atoms with van der Waals surface area (Å²) in [5.74, 6) is 0.131. The van der Waals surface area contributed by atoms with Gasteiger partial charge in [0.2, 0.25) is 5.91 Å². The van der Waals surface area contributed by atoms with Crippen LogP contribution >= 0.6 is 0 Å². The third-order valence-corrected chi connectivity index (χ3v) is 3.37. The third-order valence-electron chi connectivity index (χ3n) is 3.37. The van der Waals surface area contributed by atoms with Crippen LogP contribution in [0.3, 0.4) is 0 Å². The Morgan fingerprint density at radius 2 is 1.88 bits per heavy atom. The van der Waals surface area contributed by atoms with E-state index in [0.29, 0.717) is 11.4 Å². The van der Waals surface area contributed by atoms with Gasteiger partial charge in [0.25, 0.3) is 5.91 Å². The van der Waals surface area contributed by atoms with E-state index in [1.54, 1.807) is 18.2 Å². The van der Waals surface area contributed by atoms with E-state index in [-0.39, 0.29) is 30.8 Å². The Morgan fingerprint density at radius 3 is 2.60 bits per heavy atom. The van der Waals surface area contributed by atoms with Crippen LogP contribution in [-0.2, 0) is 4.79 Å². The van der Waals surface area contributed by atoms with Crippen LogP contribution in [0.25, 0.3) is 0 Å². The summed E-state index contributed by atoms with van der Waals surface area (Å²) in [7, 11) is 0. The van der Waals surface area contributed by atoms with Gasteiger partial charge in [0.05, 0.1) is 0 Å². The number of carbonyl (C=O) groups excluding carboxylic acids is 2. The fourth-order valence-electron chi connectivity index (χ4n) is 2.29. The number of aryl methyl sites for hydroxylation is 1. The number of hydrogen-bond donors (Lipinski definition) is 3. The Kier molecular flexibility index (Phi) is 6.51. The van der Waals surface area contributed by atoms with E-state index in [2.05, 4.69) is 20.9 Å². The van der Waals surface area contributed by atoms with E-state index in [9.17, 15) is 9.59 Å². The molecule has 0 unspecified atom stereocenters. The van der Waals surface area contributed by atoms with Crippen molar-refractivity contribution in [2.45, 2.75) is 33.2 Å². The first-order chi connectivity index (χ1) is 11.9. The van der Waals surface area contributed by atoms with Crippen molar-refractivity contribution in [1.82, 2.24) is 10.3 Å². The highest BCUT2D eigenvalue weighted by Crippen LogP contribution is 2.11. The summed E-state index contributed by atoms with van der Waals surface area (Å²) in [5, 5.41) is 8.73. The number of benzene rings is 1. The molecule has 0 saturated heterocycles. The van der Waals surface area contributed by atoms with Gasteiger partial charge in [0, 0.05) is 36.0 Å². The van der Waals surface area contributed by atoms with Crippen LogP contribution in [0.1, 0.15) is 36.3 Å². The highest BCUT2D eigenvalue weighted by atomic mass is 16.2. The van der Waals surface area contributed by atoms with Crippen molar-refractivity contribution >= 4 is 23.3 Å². The molecule has 0 atom stereocenters. The molecule has 2 aromatic rings. The van der Waals surface area contributed by atoms with Crippen molar-refractivity contribution in [2.75, 3.05) is 17.2 Å². The molecule has 6 heteroatoms. The molecule has 1 aromatic heterocycles. The normalized spacial score (nSPS) is 10.4. The van der Waals surface area contributed by atoms with Crippen LogP contribution in [0.4, 0.5) is 11.5 Å². The van der Waals surface area contributed by atoms with Gasteiger partial charge in [-0.25, -0.2) is 4.98 Å². The predicted octanol–water partition coefficient (Wildman–Crippen LogP) is 2.97. The Balaban J connectivity index is 1.81. The van der Waals surface area contributed by atoms with E-state index in [1.165, 1.54) is 0 Å². The van der Waals surface area contributed by atoms with Gasteiger partial charge in [-0.2, -0.15) is 0 Å². The molecule has 0 radical (unpaired) electrons. The second-order valence-corrected chi connectivity index (χ2v) is 6.10. The molecular formula is C19H24N4O2. The first-order valence-electron chi connectivity index (χ1n) is 8.32. The maximum atomic E-state index is 12.2. The van der Waals surface area contributed by atoms with Gasteiger partial charge in [-0.05, 0) is 51.1 Å². The summed E-state index contributed by atoms with van der Waals surface area (Å²) in [5.41, 5.74) is 2.29. The zero-order valence-corrected chi connectivity index (χ0v) is 14.8. The van der Waals surface area contributed by atoms with Gasteiger partial charge >= 0.3 is 0 Å². The maximum absolute atomic E-state index is 12.2. The molecule has 0 aliphatic carbocycles. The zero-order chi connectivity index (χ0) is 18.2. The van der Waals surface area contributed by atoms with Crippen molar-refractivity contribution in [3.05, 3.63) is 53.7 Å². The predicted molar refractivity (Wildman–Crippen MR) is 99.8 cm³/mol. The topological polar surface area (TPSA) is 83.1 Å². The van der Waals surface area contributed by atoms with Crippen molar-refractivity contribution in [2.24, 2.45) is 0 Å². The minimum Gasteiger partial charge on any atom is -0.383 e. The zero-order valence-electron chi connectivity index (χ0n) is 14.8. The molecule has 0 bridgehead atoms. The Morgan fingerprint density at radius 1 is 1.12 bits per heavy atom. The van der Waals surface area contributed by atoms with Crippen LogP contribution in [0, 0.1) is 6.92 Å². The van der Waals surface area contributed by atoms with Crippen LogP contribution in [0.15, 0.2) is 42.5 Å². The fraction of sp³-hybridized carbons (Fsp3) is 0.316. The SMILES string of the molecule is Cc1cccc(NC(=O)CCNC(=O)c2cccc(NC(C)C)c2)n1. The number of hydrogen-bond acceptors (Lipinski definition) is 4. The minimum absolute atomic E-state index is 0.186. The Bertz CT molecular complexity index is 744. The van der Waals surface area contributed by atoms with Crippen molar-refractivity contribution < 1.29 is 9.59 Å². The average Bonchev–Trinajstić information content (AvgIpc) is 2.54. The largest absolute Gasteiger partial charge is 0.383 e. The lowest BCUT2D eigenvalue weighted by atomic mass is 10.1. The van der Waals surface area contributed by atoms with E-state index >= 15 is 0 Å². The number of pyridine rings is 1. The van der Waals surface area contributed by atoms with Crippen LogP contribution in [0.5, 0.6) is 0 Å². The van der Waals surface area contributed by atoms with Crippen LogP contribution in [-0.4, -0.2) is 29.4 Å². The monoisotopic (exact) mass is 340 g/mol. The first-order valence-corrected chi connectivity index (χ1v) is 8.32. The number of nitrogens with zero attached hydrogens (tertiary/aromatic N) is 1. The summed E-state index contributed by atoms with van der Waals surface area (Å²) in [6.45, 7) is 6.19. The molecule has 6 nitrogen and oxygen atoms in total. The smallest absolute Gasteiger partial charge is 0.251 e. The molecule has 1 heterocycles. The van der Waals surface area contributed by atoms with Gasteiger partial charge in [-0.15, -0.1) is 0 Å². The third kappa shape index (κ3) is 6.25. The second kappa shape index (κ2) is 8.82. The van der Waals surface area contributed by atoms with E-state index in [0.717, 1.165) is 11.4 Å². The van der Waals surface area contributed by atoms with Gasteiger partial charge in [0.15, 0.2) is 0 Å². The first kappa shape index (κ1) is 18.4. The summed E-state index contributed by atoms with van der Waals surface area (Å²) < 4.78 is 0. The molecule has 0 spiro atoms. The van der Waals surface area contributed by atoms with Crippen LogP contribution < -0.4 is 16.0 Å². The molecule has 132 valence electrons. The number of carbonyl (C=O) groups is 2. The molecule has 0 fully saturated rings.